The molecule has 0 spiro atoms. The number of benzene rings is 1. The summed E-state index contributed by atoms with van der Waals surface area (Å²) in [5, 5.41) is 11.3. The van der Waals surface area contributed by atoms with Crippen molar-refractivity contribution in [3.8, 4) is 11.5 Å². The summed E-state index contributed by atoms with van der Waals surface area (Å²) >= 11 is 11.9. The third kappa shape index (κ3) is 5.43. The van der Waals surface area contributed by atoms with Crippen LogP contribution in [0.3, 0.4) is 0 Å². The van der Waals surface area contributed by atoms with Crippen molar-refractivity contribution in [1.82, 2.24) is 4.98 Å². The van der Waals surface area contributed by atoms with Crippen LogP contribution in [0.25, 0.3) is 0 Å². The smallest absolute Gasteiger partial charge is 0.387 e. The van der Waals surface area contributed by atoms with Gasteiger partial charge in [0.25, 0.3) is 0 Å². The molecule has 4 nitrogen and oxygen atoms in total. The first kappa shape index (κ1) is 20.1. The summed E-state index contributed by atoms with van der Waals surface area (Å²) in [6, 6.07) is 5.98. The molecule has 0 radical (unpaired) electrons. The molecule has 1 fully saturated rings. The fourth-order valence-electron chi connectivity index (χ4n) is 3.10. The minimum atomic E-state index is -2.95. The molecule has 3 rings (SSSR count). The zero-order chi connectivity index (χ0) is 19.4. The fourth-order valence-corrected chi connectivity index (χ4v) is 3.55. The van der Waals surface area contributed by atoms with Gasteiger partial charge in [-0.1, -0.05) is 29.3 Å². The van der Waals surface area contributed by atoms with E-state index in [2.05, 4.69) is 9.72 Å². The van der Waals surface area contributed by atoms with Crippen molar-refractivity contribution in [2.75, 3.05) is 0 Å². The predicted octanol–water partition coefficient (Wildman–Crippen LogP) is 5.59. The van der Waals surface area contributed by atoms with E-state index < -0.39 is 12.7 Å². The van der Waals surface area contributed by atoms with Gasteiger partial charge in [0.2, 0.25) is 0 Å². The summed E-state index contributed by atoms with van der Waals surface area (Å²) in [6.45, 7) is -2.95. The summed E-state index contributed by atoms with van der Waals surface area (Å²) in [5.41, 5.74) is 0.983. The Bertz CT molecular complexity index is 786. The van der Waals surface area contributed by atoms with Crippen LogP contribution in [0.5, 0.6) is 11.5 Å². The van der Waals surface area contributed by atoms with E-state index >= 15 is 0 Å². The molecule has 1 aliphatic carbocycles. The van der Waals surface area contributed by atoms with Crippen molar-refractivity contribution >= 4 is 23.2 Å². The molecule has 1 unspecified atom stereocenters. The molecule has 1 aromatic carbocycles. The first-order chi connectivity index (χ1) is 12.9. The number of aromatic nitrogens is 1. The van der Waals surface area contributed by atoms with E-state index in [0.29, 0.717) is 21.3 Å². The standard InChI is InChI=1S/C19H19Cl2F2NO3/c20-12-8-14(21)15(24-10-12)9-16(25)11-5-6-17(27-19(22)23)18(7-11)26-13-3-1-2-4-13/h5-8,10,13,16,19,25H,1-4,9H2. The Balaban J connectivity index is 1.81. The average molecular weight is 418 g/mol. The van der Waals surface area contributed by atoms with E-state index in [1.165, 1.54) is 24.4 Å². The largest absolute Gasteiger partial charge is 0.487 e. The van der Waals surface area contributed by atoms with Crippen LogP contribution in [0.2, 0.25) is 10.0 Å². The molecule has 8 heteroatoms. The highest BCUT2D eigenvalue weighted by atomic mass is 35.5. The van der Waals surface area contributed by atoms with Gasteiger partial charge in [0.05, 0.1) is 27.9 Å². The molecule has 0 saturated heterocycles. The number of pyridine rings is 1. The fraction of sp³-hybridized carbons (Fsp3) is 0.421. The topological polar surface area (TPSA) is 51.6 Å². The Morgan fingerprint density at radius 2 is 1.89 bits per heavy atom. The number of rotatable bonds is 7. The van der Waals surface area contributed by atoms with E-state index in [-0.39, 0.29) is 24.0 Å². The van der Waals surface area contributed by atoms with Gasteiger partial charge in [0, 0.05) is 12.6 Å². The lowest BCUT2D eigenvalue weighted by atomic mass is 10.0. The Kier molecular flexibility index (Phi) is 6.73. The second-order valence-corrected chi connectivity index (χ2v) is 7.25. The second-order valence-electron chi connectivity index (χ2n) is 6.41. The molecular formula is C19H19Cl2F2NO3. The minimum Gasteiger partial charge on any atom is -0.487 e. The predicted molar refractivity (Wildman–Crippen MR) is 98.9 cm³/mol. The van der Waals surface area contributed by atoms with E-state index in [0.717, 1.165) is 25.7 Å². The third-order valence-corrected chi connectivity index (χ3v) is 4.97. The minimum absolute atomic E-state index is 0.0372. The first-order valence-electron chi connectivity index (χ1n) is 8.66. The van der Waals surface area contributed by atoms with Gasteiger partial charge >= 0.3 is 6.61 Å². The van der Waals surface area contributed by atoms with Gasteiger partial charge in [-0.15, -0.1) is 0 Å². The summed E-state index contributed by atoms with van der Waals surface area (Å²) in [4.78, 5) is 4.13. The lowest BCUT2D eigenvalue weighted by Crippen LogP contribution is -2.14. The van der Waals surface area contributed by atoms with Crippen LogP contribution in [-0.4, -0.2) is 22.8 Å². The highest BCUT2D eigenvalue weighted by Gasteiger charge is 2.22. The van der Waals surface area contributed by atoms with Gasteiger partial charge in [-0.3, -0.25) is 4.98 Å². The normalized spacial score (nSPS) is 15.9. The average Bonchev–Trinajstić information content (AvgIpc) is 3.11. The molecule has 27 heavy (non-hydrogen) atoms. The highest BCUT2D eigenvalue weighted by molar-refractivity contribution is 6.34. The molecule has 1 saturated carbocycles. The lowest BCUT2D eigenvalue weighted by molar-refractivity contribution is -0.0520. The molecule has 1 N–H and O–H groups in total. The van der Waals surface area contributed by atoms with Crippen molar-refractivity contribution < 1.29 is 23.4 Å². The number of halogens is 4. The quantitative estimate of drug-likeness (QED) is 0.637. The maximum Gasteiger partial charge on any atom is 0.387 e. The Morgan fingerprint density at radius 1 is 1.15 bits per heavy atom. The van der Waals surface area contributed by atoms with Crippen LogP contribution in [0.4, 0.5) is 8.78 Å². The Hall–Kier alpha value is -1.63. The number of ether oxygens (including phenoxy) is 2. The van der Waals surface area contributed by atoms with E-state index in [4.69, 9.17) is 27.9 Å². The molecule has 0 amide bonds. The number of aliphatic hydroxyl groups excluding tert-OH is 1. The van der Waals surface area contributed by atoms with Crippen LogP contribution in [0.15, 0.2) is 30.5 Å². The van der Waals surface area contributed by atoms with Gasteiger partial charge in [0.15, 0.2) is 11.5 Å². The molecule has 1 aliphatic rings. The molecule has 1 atom stereocenters. The van der Waals surface area contributed by atoms with E-state index in [9.17, 15) is 13.9 Å². The molecule has 146 valence electrons. The monoisotopic (exact) mass is 417 g/mol. The maximum absolute atomic E-state index is 12.7. The van der Waals surface area contributed by atoms with Gasteiger partial charge in [-0.05, 0) is 49.4 Å². The molecule has 1 heterocycles. The highest BCUT2D eigenvalue weighted by Crippen LogP contribution is 2.36. The summed E-state index contributed by atoms with van der Waals surface area (Å²) < 4.78 is 35.8. The lowest BCUT2D eigenvalue weighted by Gasteiger charge is -2.19. The van der Waals surface area contributed by atoms with Crippen molar-refractivity contribution in [2.45, 2.75) is 50.9 Å². The molecule has 0 bridgehead atoms. The van der Waals surface area contributed by atoms with Gasteiger partial charge in [-0.25, -0.2) is 0 Å². The van der Waals surface area contributed by atoms with Crippen LogP contribution in [0, 0.1) is 0 Å². The number of hydrogen-bond donors (Lipinski definition) is 1. The number of aliphatic hydroxyl groups is 1. The first-order valence-corrected chi connectivity index (χ1v) is 9.41. The van der Waals surface area contributed by atoms with Crippen molar-refractivity contribution in [2.24, 2.45) is 0 Å². The third-order valence-electron chi connectivity index (χ3n) is 4.44. The molecule has 0 aliphatic heterocycles. The van der Waals surface area contributed by atoms with Crippen molar-refractivity contribution in [1.29, 1.82) is 0 Å². The maximum atomic E-state index is 12.7. The summed E-state index contributed by atoms with van der Waals surface area (Å²) in [7, 11) is 0. The van der Waals surface area contributed by atoms with E-state index in [1.807, 2.05) is 0 Å². The van der Waals surface area contributed by atoms with Crippen molar-refractivity contribution in [3.05, 3.63) is 51.8 Å². The Labute approximate surface area is 166 Å². The van der Waals surface area contributed by atoms with Crippen molar-refractivity contribution in [3.63, 3.8) is 0 Å². The summed E-state index contributed by atoms with van der Waals surface area (Å²) in [5.74, 6) is 0.157. The van der Waals surface area contributed by atoms with Crippen LogP contribution >= 0.6 is 23.2 Å². The second kappa shape index (κ2) is 9.04. The van der Waals surface area contributed by atoms with Crippen LogP contribution in [-0.2, 0) is 6.42 Å². The summed E-state index contributed by atoms with van der Waals surface area (Å²) in [6.07, 6.45) is 4.43. The van der Waals surface area contributed by atoms with Crippen LogP contribution < -0.4 is 9.47 Å². The molecule has 1 aromatic heterocycles. The SMILES string of the molecule is OC(Cc1ncc(Cl)cc1Cl)c1ccc(OC(F)F)c(OC2CCCC2)c1. The van der Waals surface area contributed by atoms with Gasteiger partial charge < -0.3 is 14.6 Å². The zero-order valence-corrected chi connectivity index (χ0v) is 15.9. The number of hydrogen-bond acceptors (Lipinski definition) is 4. The Morgan fingerprint density at radius 3 is 2.56 bits per heavy atom. The van der Waals surface area contributed by atoms with Crippen LogP contribution in [0.1, 0.15) is 43.0 Å². The molecular weight excluding hydrogens is 399 g/mol. The zero-order valence-electron chi connectivity index (χ0n) is 14.4. The molecule has 2 aromatic rings. The number of alkyl halides is 2. The number of nitrogens with zero attached hydrogens (tertiary/aromatic N) is 1. The van der Waals surface area contributed by atoms with Gasteiger partial charge in [-0.2, -0.15) is 8.78 Å². The van der Waals surface area contributed by atoms with E-state index in [1.54, 1.807) is 6.07 Å². The van der Waals surface area contributed by atoms with Gasteiger partial charge in [0.1, 0.15) is 0 Å².